The molecule has 1 aromatic rings. The van der Waals surface area contributed by atoms with Crippen LogP contribution in [-0.4, -0.2) is 34.0 Å². The number of hydroxylamine groups is 1. The number of carboxylic acid groups (broad SMARTS) is 1. The van der Waals surface area contributed by atoms with Crippen LogP contribution in [0.2, 0.25) is 0 Å². The molecule has 0 aromatic heterocycles. The molecule has 3 rings (SSSR count). The normalized spacial score (nSPS) is 23.8. The molecule has 2 aliphatic rings. The van der Waals surface area contributed by atoms with Crippen molar-refractivity contribution in [1.82, 2.24) is 5.48 Å². The Kier molecular flexibility index (Phi) is 6.71. The summed E-state index contributed by atoms with van der Waals surface area (Å²) in [6.45, 7) is 0.239. The highest BCUT2D eigenvalue weighted by Crippen LogP contribution is 2.48. The fraction of sp³-hybridized carbons (Fsp3) is 0.476. The molecule has 0 radical (unpaired) electrons. The largest absolute Gasteiger partial charge is 0.481 e. The zero-order valence-electron chi connectivity index (χ0n) is 15.9. The third-order valence-electron chi connectivity index (χ3n) is 5.29. The Morgan fingerprint density at radius 1 is 1.33 bits per heavy atom. The minimum Gasteiger partial charge on any atom is -0.481 e. The van der Waals surface area contributed by atoms with Gasteiger partial charge in [0.1, 0.15) is 6.10 Å². The Bertz CT molecular complexity index is 887. The highest BCUT2D eigenvalue weighted by molar-refractivity contribution is 5.66. The number of carboxylic acids is 1. The standard InChI is InChI=1S/C21H22F3NO5/c22-21(23,24)14-4-1-3-12(9-14)18(26)7-6-13-10-15-16(20(13)29)11-17(15)25-30-8-2-5-19(27)28/h1,3-4,9,13,16,18,20,25-26,29H,2,5,8,10-11H2,(H,27,28). The lowest BCUT2D eigenvalue weighted by Gasteiger charge is -2.30. The number of hydrogen-bond donors (Lipinski definition) is 4. The first-order chi connectivity index (χ1) is 14.2. The summed E-state index contributed by atoms with van der Waals surface area (Å²) in [6.07, 6.45) is -5.19. The van der Waals surface area contributed by atoms with Crippen LogP contribution >= 0.6 is 0 Å². The summed E-state index contributed by atoms with van der Waals surface area (Å²) in [6, 6.07) is 4.37. The number of allylic oxidation sites excluding steroid dienone is 1. The first-order valence-corrected chi connectivity index (χ1v) is 9.52. The number of aliphatic hydroxyl groups is 2. The predicted molar refractivity (Wildman–Crippen MR) is 99.4 cm³/mol. The molecule has 6 nitrogen and oxygen atoms in total. The lowest BCUT2D eigenvalue weighted by Crippen LogP contribution is -2.32. The van der Waals surface area contributed by atoms with Gasteiger partial charge in [0.15, 0.2) is 0 Å². The molecule has 162 valence electrons. The van der Waals surface area contributed by atoms with Crippen LogP contribution in [0.25, 0.3) is 0 Å². The molecule has 1 fully saturated rings. The van der Waals surface area contributed by atoms with E-state index in [2.05, 4.69) is 17.3 Å². The molecule has 0 heterocycles. The third-order valence-corrected chi connectivity index (χ3v) is 5.29. The molecule has 0 bridgehead atoms. The third kappa shape index (κ3) is 5.14. The van der Waals surface area contributed by atoms with Gasteiger partial charge in [0, 0.05) is 18.0 Å². The molecular weight excluding hydrogens is 403 g/mol. The summed E-state index contributed by atoms with van der Waals surface area (Å²) in [5, 5.41) is 29.1. The average Bonchev–Trinajstić information content (AvgIpc) is 2.92. The van der Waals surface area contributed by atoms with Gasteiger partial charge in [-0.1, -0.05) is 24.0 Å². The predicted octanol–water partition coefficient (Wildman–Crippen LogP) is 2.78. The average molecular weight is 425 g/mol. The fourth-order valence-electron chi connectivity index (χ4n) is 3.64. The van der Waals surface area contributed by atoms with Gasteiger partial charge in [-0.2, -0.15) is 13.2 Å². The summed E-state index contributed by atoms with van der Waals surface area (Å²) in [5.74, 6) is 3.96. The molecule has 0 spiro atoms. The molecule has 0 aliphatic heterocycles. The van der Waals surface area contributed by atoms with E-state index in [1.165, 1.54) is 12.1 Å². The second-order valence-corrected chi connectivity index (χ2v) is 7.38. The number of carbonyl (C=O) groups is 1. The molecular formula is C21H22F3NO5. The Labute approximate surface area is 171 Å². The maximum atomic E-state index is 12.8. The monoisotopic (exact) mass is 425 g/mol. The molecule has 4 unspecified atom stereocenters. The minimum atomic E-state index is -4.50. The molecule has 0 amide bonds. The van der Waals surface area contributed by atoms with Crippen molar-refractivity contribution in [3.05, 3.63) is 46.7 Å². The molecule has 4 N–H and O–H groups in total. The van der Waals surface area contributed by atoms with Gasteiger partial charge in [-0.05, 0) is 42.5 Å². The van der Waals surface area contributed by atoms with E-state index in [9.17, 15) is 28.2 Å². The molecule has 0 saturated heterocycles. The topological polar surface area (TPSA) is 99.0 Å². The fourth-order valence-corrected chi connectivity index (χ4v) is 3.64. The number of rotatable bonds is 7. The number of alkyl halides is 3. The van der Waals surface area contributed by atoms with Crippen LogP contribution in [0.3, 0.4) is 0 Å². The quantitative estimate of drug-likeness (QED) is 0.305. The SMILES string of the molecule is O=C(O)CCCONC1=C2CC(C#CC(O)c3cccc(C(F)(F)F)c3)C(O)C2C1. The summed E-state index contributed by atoms with van der Waals surface area (Å²) in [5.41, 5.74) is 3.77. The Balaban J connectivity index is 1.57. The molecule has 4 atom stereocenters. The molecule has 9 heteroatoms. The smallest absolute Gasteiger partial charge is 0.416 e. The van der Waals surface area contributed by atoms with Crippen molar-refractivity contribution >= 4 is 5.97 Å². The van der Waals surface area contributed by atoms with Gasteiger partial charge in [0.2, 0.25) is 0 Å². The van der Waals surface area contributed by atoms with Gasteiger partial charge in [-0.3, -0.25) is 15.1 Å². The minimum absolute atomic E-state index is 0.0147. The number of nitrogens with one attached hydrogen (secondary N) is 1. The van der Waals surface area contributed by atoms with Crippen molar-refractivity contribution < 1.29 is 38.1 Å². The van der Waals surface area contributed by atoms with Gasteiger partial charge in [-0.25, -0.2) is 0 Å². The Morgan fingerprint density at radius 2 is 2.10 bits per heavy atom. The summed E-state index contributed by atoms with van der Waals surface area (Å²) in [7, 11) is 0. The van der Waals surface area contributed by atoms with Gasteiger partial charge in [0.05, 0.1) is 24.2 Å². The van der Waals surface area contributed by atoms with Gasteiger partial charge in [-0.15, -0.1) is 0 Å². The second-order valence-electron chi connectivity index (χ2n) is 7.38. The van der Waals surface area contributed by atoms with Crippen LogP contribution in [0.15, 0.2) is 35.5 Å². The van der Waals surface area contributed by atoms with E-state index < -0.39 is 35.8 Å². The van der Waals surface area contributed by atoms with Crippen LogP contribution in [0.4, 0.5) is 13.2 Å². The van der Waals surface area contributed by atoms with Crippen LogP contribution in [-0.2, 0) is 15.8 Å². The van der Waals surface area contributed by atoms with E-state index in [-0.39, 0.29) is 24.5 Å². The van der Waals surface area contributed by atoms with E-state index in [1.54, 1.807) is 0 Å². The Hall–Kier alpha value is -2.54. The first kappa shape index (κ1) is 22.2. The van der Waals surface area contributed by atoms with Gasteiger partial charge < -0.3 is 15.3 Å². The lowest BCUT2D eigenvalue weighted by molar-refractivity contribution is -0.138. The van der Waals surface area contributed by atoms with E-state index in [0.29, 0.717) is 19.3 Å². The Morgan fingerprint density at radius 3 is 2.80 bits per heavy atom. The highest BCUT2D eigenvalue weighted by Gasteiger charge is 2.45. The summed E-state index contributed by atoms with van der Waals surface area (Å²) in [4.78, 5) is 15.7. The van der Waals surface area contributed by atoms with Crippen molar-refractivity contribution in [2.45, 2.75) is 44.1 Å². The zero-order valence-corrected chi connectivity index (χ0v) is 15.9. The molecule has 1 saturated carbocycles. The maximum Gasteiger partial charge on any atom is 0.416 e. The number of aliphatic carboxylic acids is 1. The van der Waals surface area contributed by atoms with Crippen molar-refractivity contribution in [3.8, 4) is 11.8 Å². The van der Waals surface area contributed by atoms with Gasteiger partial charge >= 0.3 is 12.1 Å². The number of fused-ring (bicyclic) bond motifs is 1. The van der Waals surface area contributed by atoms with Crippen LogP contribution in [0, 0.1) is 23.7 Å². The summed E-state index contributed by atoms with van der Waals surface area (Å²) >= 11 is 0. The van der Waals surface area contributed by atoms with E-state index in [1.807, 2.05) is 0 Å². The number of halogens is 3. The number of hydrogen-bond acceptors (Lipinski definition) is 5. The van der Waals surface area contributed by atoms with Gasteiger partial charge in [0.25, 0.3) is 0 Å². The highest BCUT2D eigenvalue weighted by atomic mass is 19.4. The second kappa shape index (κ2) is 9.08. The molecule has 1 aromatic carbocycles. The van der Waals surface area contributed by atoms with E-state index in [4.69, 9.17) is 9.94 Å². The summed E-state index contributed by atoms with van der Waals surface area (Å²) < 4.78 is 38.4. The number of aliphatic hydroxyl groups excluding tert-OH is 2. The van der Waals surface area contributed by atoms with Crippen molar-refractivity contribution in [3.63, 3.8) is 0 Å². The number of benzene rings is 1. The van der Waals surface area contributed by atoms with Crippen LogP contribution < -0.4 is 5.48 Å². The van der Waals surface area contributed by atoms with Crippen LogP contribution in [0.1, 0.15) is 42.9 Å². The molecule has 30 heavy (non-hydrogen) atoms. The van der Waals surface area contributed by atoms with Crippen molar-refractivity contribution in [2.24, 2.45) is 11.8 Å². The van der Waals surface area contributed by atoms with Crippen molar-refractivity contribution in [2.75, 3.05) is 6.61 Å². The molecule has 2 aliphatic carbocycles. The first-order valence-electron chi connectivity index (χ1n) is 9.52. The van der Waals surface area contributed by atoms with Crippen molar-refractivity contribution in [1.29, 1.82) is 0 Å². The van der Waals surface area contributed by atoms with E-state index >= 15 is 0 Å². The maximum absolute atomic E-state index is 12.8. The van der Waals surface area contributed by atoms with Crippen LogP contribution in [0.5, 0.6) is 0 Å². The lowest BCUT2D eigenvalue weighted by atomic mass is 9.83. The zero-order chi connectivity index (χ0) is 21.9. The van der Waals surface area contributed by atoms with E-state index in [0.717, 1.165) is 23.4 Å².